The first-order valence-corrected chi connectivity index (χ1v) is 5.54. The number of methoxy groups -OCH3 is 1. The molecule has 16 heavy (non-hydrogen) atoms. The van der Waals surface area contributed by atoms with Gasteiger partial charge in [-0.2, -0.15) is 0 Å². The highest BCUT2D eigenvalue weighted by molar-refractivity contribution is 5.86. The lowest BCUT2D eigenvalue weighted by Gasteiger charge is -2.35. The molecule has 0 radical (unpaired) electrons. The Labute approximate surface area is 96.1 Å². The Balaban J connectivity index is 2.69. The highest BCUT2D eigenvalue weighted by Crippen LogP contribution is 2.15. The van der Waals surface area contributed by atoms with Crippen LogP contribution in [0.1, 0.15) is 13.8 Å². The molecule has 1 rings (SSSR count). The van der Waals surface area contributed by atoms with Crippen LogP contribution in [0.3, 0.4) is 0 Å². The van der Waals surface area contributed by atoms with E-state index in [9.17, 15) is 9.59 Å². The number of hydrogen-bond acceptors (Lipinski definition) is 4. The molecule has 1 aliphatic heterocycles. The summed E-state index contributed by atoms with van der Waals surface area (Å²) < 4.78 is 4.73. The van der Waals surface area contributed by atoms with Gasteiger partial charge in [0.25, 0.3) is 0 Å². The molecule has 0 aromatic carbocycles. The smallest absolute Gasteiger partial charge is 0.328 e. The van der Waals surface area contributed by atoms with Crippen molar-refractivity contribution < 1.29 is 14.3 Å². The quantitative estimate of drug-likeness (QED) is 0.681. The van der Waals surface area contributed by atoms with Crippen LogP contribution in [0.25, 0.3) is 0 Å². The molecule has 0 aliphatic carbocycles. The van der Waals surface area contributed by atoms with E-state index in [1.807, 2.05) is 13.8 Å². The summed E-state index contributed by atoms with van der Waals surface area (Å²) in [4.78, 5) is 25.1. The van der Waals surface area contributed by atoms with Crippen LogP contribution in [0.2, 0.25) is 0 Å². The number of esters is 1. The molecular weight excluding hydrogens is 208 g/mol. The third-order valence-electron chi connectivity index (χ3n) is 2.97. The van der Waals surface area contributed by atoms with E-state index in [0.29, 0.717) is 13.1 Å². The average Bonchev–Trinajstić information content (AvgIpc) is 2.14. The van der Waals surface area contributed by atoms with Crippen LogP contribution >= 0.6 is 0 Å². The molecule has 1 heterocycles. The van der Waals surface area contributed by atoms with Gasteiger partial charge in [-0.15, -0.1) is 0 Å². The Morgan fingerprint density at radius 3 is 2.25 bits per heavy atom. The molecule has 0 unspecified atom stereocenters. The highest BCUT2D eigenvalue weighted by atomic mass is 16.5. The first kappa shape index (κ1) is 13.0. The second-order valence-electron chi connectivity index (χ2n) is 4.52. The van der Waals surface area contributed by atoms with Crippen molar-refractivity contribution in [1.29, 1.82) is 0 Å². The van der Waals surface area contributed by atoms with E-state index in [-0.39, 0.29) is 23.7 Å². The Morgan fingerprint density at radius 1 is 1.38 bits per heavy atom. The van der Waals surface area contributed by atoms with Gasteiger partial charge in [-0.05, 0) is 5.92 Å². The summed E-state index contributed by atoms with van der Waals surface area (Å²) in [6, 6.07) is -0.488. The molecular formula is C11H20N2O3. The zero-order valence-electron chi connectivity index (χ0n) is 10.3. The molecule has 1 saturated heterocycles. The zero-order valence-corrected chi connectivity index (χ0v) is 10.3. The Bertz CT molecular complexity index is 274. The van der Waals surface area contributed by atoms with Crippen LogP contribution in [0.5, 0.6) is 0 Å². The maximum absolute atomic E-state index is 12.0. The number of amides is 1. The monoisotopic (exact) mass is 228 g/mol. The van der Waals surface area contributed by atoms with Crippen molar-refractivity contribution in [2.24, 2.45) is 11.8 Å². The van der Waals surface area contributed by atoms with Crippen molar-refractivity contribution in [2.45, 2.75) is 19.9 Å². The fraction of sp³-hybridized carbons (Fsp3) is 0.818. The van der Waals surface area contributed by atoms with Crippen molar-refractivity contribution in [1.82, 2.24) is 10.2 Å². The number of carbonyl (C=O) groups is 2. The van der Waals surface area contributed by atoms with E-state index in [1.165, 1.54) is 12.0 Å². The van der Waals surface area contributed by atoms with Gasteiger partial charge in [0, 0.05) is 20.1 Å². The number of rotatable bonds is 4. The first-order chi connectivity index (χ1) is 7.49. The van der Waals surface area contributed by atoms with Gasteiger partial charge >= 0.3 is 5.97 Å². The normalized spacial score (nSPS) is 17.8. The van der Waals surface area contributed by atoms with Crippen LogP contribution < -0.4 is 5.32 Å². The van der Waals surface area contributed by atoms with Gasteiger partial charge in [-0.3, -0.25) is 4.79 Å². The predicted octanol–water partition coefficient (Wildman–Crippen LogP) is -0.138. The third-order valence-corrected chi connectivity index (χ3v) is 2.97. The van der Waals surface area contributed by atoms with E-state index in [2.05, 4.69) is 5.32 Å². The fourth-order valence-electron chi connectivity index (χ4n) is 1.89. The maximum Gasteiger partial charge on any atom is 0.328 e. The Kier molecular flexibility index (Phi) is 4.29. The highest BCUT2D eigenvalue weighted by Gasteiger charge is 2.35. The van der Waals surface area contributed by atoms with E-state index >= 15 is 0 Å². The largest absolute Gasteiger partial charge is 0.467 e. The van der Waals surface area contributed by atoms with E-state index in [4.69, 9.17) is 4.74 Å². The average molecular weight is 228 g/mol. The molecule has 1 amide bonds. The van der Waals surface area contributed by atoms with Crippen LogP contribution in [-0.4, -0.2) is 50.1 Å². The maximum atomic E-state index is 12.0. The molecule has 0 bridgehead atoms. The topological polar surface area (TPSA) is 58.6 Å². The molecule has 0 saturated carbocycles. The number of hydrogen-bond donors (Lipinski definition) is 1. The number of nitrogens with one attached hydrogen (secondary N) is 1. The van der Waals surface area contributed by atoms with Crippen LogP contribution in [0.4, 0.5) is 0 Å². The summed E-state index contributed by atoms with van der Waals surface area (Å²) in [5.74, 6) is -0.272. The molecule has 0 aromatic heterocycles. The lowest BCUT2D eigenvalue weighted by Crippen LogP contribution is -2.55. The summed E-state index contributed by atoms with van der Waals surface area (Å²) in [5, 5.41) is 3.04. The first-order valence-electron chi connectivity index (χ1n) is 5.54. The summed E-state index contributed by atoms with van der Waals surface area (Å²) in [6.45, 7) is 5.22. The van der Waals surface area contributed by atoms with Gasteiger partial charge < -0.3 is 15.0 Å². The summed E-state index contributed by atoms with van der Waals surface area (Å²) >= 11 is 0. The van der Waals surface area contributed by atoms with Crippen molar-refractivity contribution in [3.05, 3.63) is 0 Å². The van der Waals surface area contributed by atoms with Crippen molar-refractivity contribution in [2.75, 3.05) is 27.2 Å². The van der Waals surface area contributed by atoms with Gasteiger partial charge in [-0.1, -0.05) is 13.8 Å². The fourth-order valence-corrected chi connectivity index (χ4v) is 1.89. The van der Waals surface area contributed by atoms with E-state index in [0.717, 1.165) is 0 Å². The third kappa shape index (κ3) is 2.52. The Morgan fingerprint density at radius 2 is 1.94 bits per heavy atom. The molecule has 0 spiro atoms. The lowest BCUT2D eigenvalue weighted by molar-refractivity contribution is -0.155. The van der Waals surface area contributed by atoms with Gasteiger partial charge in [0.2, 0.25) is 5.91 Å². The summed E-state index contributed by atoms with van der Waals surface area (Å²) in [7, 11) is 3.02. The molecule has 1 atom stereocenters. The van der Waals surface area contributed by atoms with Crippen LogP contribution in [-0.2, 0) is 14.3 Å². The number of nitrogens with zero attached hydrogens (tertiary/aromatic N) is 1. The molecule has 0 aromatic rings. The van der Waals surface area contributed by atoms with Crippen LogP contribution in [0, 0.1) is 11.8 Å². The molecule has 92 valence electrons. The molecule has 5 nitrogen and oxygen atoms in total. The minimum atomic E-state index is -0.488. The lowest BCUT2D eigenvalue weighted by atomic mass is 9.97. The number of ether oxygens (including phenoxy) is 1. The SMILES string of the molecule is COC(=O)[C@H](C(C)C)N(C)C(=O)C1CNC1. The molecule has 1 fully saturated rings. The van der Waals surface area contributed by atoms with Gasteiger partial charge in [0.1, 0.15) is 6.04 Å². The standard InChI is InChI=1S/C11H20N2O3/c1-7(2)9(11(15)16-4)13(3)10(14)8-5-12-6-8/h7-9,12H,5-6H2,1-4H3/t9-/m0/s1. The zero-order chi connectivity index (χ0) is 12.3. The van der Waals surface area contributed by atoms with Gasteiger partial charge in [0.05, 0.1) is 13.0 Å². The minimum Gasteiger partial charge on any atom is -0.467 e. The van der Waals surface area contributed by atoms with E-state index in [1.54, 1.807) is 7.05 Å². The number of likely N-dealkylation sites (N-methyl/N-ethyl adjacent to an activating group) is 1. The van der Waals surface area contributed by atoms with Crippen LogP contribution in [0.15, 0.2) is 0 Å². The van der Waals surface area contributed by atoms with Crippen molar-refractivity contribution >= 4 is 11.9 Å². The number of carbonyl (C=O) groups excluding carboxylic acids is 2. The molecule has 1 N–H and O–H groups in total. The van der Waals surface area contributed by atoms with Gasteiger partial charge in [0.15, 0.2) is 0 Å². The predicted molar refractivity (Wildman–Crippen MR) is 59.8 cm³/mol. The Hall–Kier alpha value is -1.10. The van der Waals surface area contributed by atoms with Crippen molar-refractivity contribution in [3.8, 4) is 0 Å². The van der Waals surface area contributed by atoms with Gasteiger partial charge in [-0.25, -0.2) is 4.79 Å². The summed E-state index contributed by atoms with van der Waals surface area (Å²) in [5.41, 5.74) is 0. The second kappa shape index (κ2) is 5.30. The van der Waals surface area contributed by atoms with Crippen molar-refractivity contribution in [3.63, 3.8) is 0 Å². The summed E-state index contributed by atoms with van der Waals surface area (Å²) in [6.07, 6.45) is 0. The molecule has 5 heteroatoms. The molecule has 1 aliphatic rings. The minimum absolute atomic E-state index is 0.0101. The van der Waals surface area contributed by atoms with E-state index < -0.39 is 6.04 Å². The second-order valence-corrected chi connectivity index (χ2v) is 4.52.